The Labute approximate surface area is 228 Å². The average molecular weight is 554 g/mol. The van der Waals surface area contributed by atoms with Gasteiger partial charge in [-0.2, -0.15) is 5.10 Å². The lowest BCUT2D eigenvalue weighted by Crippen LogP contribution is -2.35. The summed E-state index contributed by atoms with van der Waals surface area (Å²) in [4.78, 5) is 23.3. The average Bonchev–Trinajstić information content (AvgIpc) is 3.60. The predicted octanol–water partition coefficient (Wildman–Crippen LogP) is 3.33. The fraction of sp³-hybridized carbons (Fsp3) is 0.333. The monoisotopic (exact) mass is 553 g/mol. The number of halogens is 2. The first-order valence-corrected chi connectivity index (χ1v) is 12.8. The highest BCUT2D eigenvalue weighted by molar-refractivity contribution is 5.93. The number of carbonyl (C=O) groups is 1. The van der Waals surface area contributed by atoms with E-state index in [1.807, 2.05) is 0 Å². The van der Waals surface area contributed by atoms with E-state index in [1.165, 1.54) is 29.3 Å². The van der Waals surface area contributed by atoms with Crippen LogP contribution in [0.3, 0.4) is 0 Å². The number of nitrogens with zero attached hydrogens (tertiary/aromatic N) is 5. The Kier molecular flexibility index (Phi) is 8.31. The number of hydrogen-bond acceptors (Lipinski definition) is 9. The van der Waals surface area contributed by atoms with E-state index in [4.69, 9.17) is 9.47 Å². The third-order valence-electron chi connectivity index (χ3n) is 6.69. The molecule has 40 heavy (non-hydrogen) atoms. The van der Waals surface area contributed by atoms with Gasteiger partial charge in [-0.15, -0.1) is 0 Å². The van der Waals surface area contributed by atoms with Crippen LogP contribution in [0, 0.1) is 11.6 Å². The number of aromatic nitrogens is 4. The van der Waals surface area contributed by atoms with E-state index in [-0.39, 0.29) is 24.9 Å². The van der Waals surface area contributed by atoms with Gasteiger partial charge in [-0.1, -0.05) is 6.07 Å². The fourth-order valence-corrected chi connectivity index (χ4v) is 4.69. The highest BCUT2D eigenvalue weighted by Crippen LogP contribution is 2.35. The molecular formula is C27H29F2N7O4. The smallest absolute Gasteiger partial charge is 0.246 e. The van der Waals surface area contributed by atoms with Crippen molar-refractivity contribution >= 4 is 34.0 Å². The molecule has 2 aromatic carbocycles. The van der Waals surface area contributed by atoms with Crippen molar-refractivity contribution in [3.63, 3.8) is 0 Å². The molecule has 1 fully saturated rings. The molecule has 0 bridgehead atoms. The molecule has 1 amide bonds. The molecule has 1 atom stereocenters. The summed E-state index contributed by atoms with van der Waals surface area (Å²) in [6.45, 7) is 2.01. The van der Waals surface area contributed by atoms with Crippen molar-refractivity contribution in [2.24, 2.45) is 0 Å². The van der Waals surface area contributed by atoms with Crippen LogP contribution in [-0.2, 0) is 11.3 Å². The molecule has 1 aliphatic heterocycles. The summed E-state index contributed by atoms with van der Waals surface area (Å²) >= 11 is 0. The summed E-state index contributed by atoms with van der Waals surface area (Å²) in [5, 5.41) is 19.9. The molecule has 4 aromatic rings. The Morgan fingerprint density at radius 1 is 1.23 bits per heavy atom. The number of hydrogen-bond donors (Lipinski definition) is 3. The maximum absolute atomic E-state index is 13.8. The third-order valence-corrected chi connectivity index (χ3v) is 6.69. The molecule has 11 nitrogen and oxygen atoms in total. The van der Waals surface area contributed by atoms with Crippen LogP contribution in [0.15, 0.2) is 49.1 Å². The minimum Gasteiger partial charge on any atom is -0.493 e. The van der Waals surface area contributed by atoms with Crippen LogP contribution in [0.1, 0.15) is 12.8 Å². The number of likely N-dealkylation sites (tertiary alicyclic amines) is 1. The molecule has 210 valence electrons. The van der Waals surface area contributed by atoms with Gasteiger partial charge < -0.3 is 25.2 Å². The van der Waals surface area contributed by atoms with Gasteiger partial charge in [0.2, 0.25) is 5.91 Å². The number of amides is 1. The van der Waals surface area contributed by atoms with Crippen LogP contribution < -0.4 is 20.1 Å². The summed E-state index contributed by atoms with van der Waals surface area (Å²) in [6.07, 6.45) is 6.57. The lowest BCUT2D eigenvalue weighted by Gasteiger charge is -2.22. The zero-order valence-electron chi connectivity index (χ0n) is 21.8. The number of anilines is 3. The van der Waals surface area contributed by atoms with Gasteiger partial charge in [0.25, 0.3) is 0 Å². The van der Waals surface area contributed by atoms with E-state index in [0.717, 1.165) is 25.5 Å². The molecule has 3 N–H and O–H groups in total. The summed E-state index contributed by atoms with van der Waals surface area (Å²) in [5.41, 5.74) is 0.935. The van der Waals surface area contributed by atoms with Crippen molar-refractivity contribution in [3.8, 4) is 11.5 Å². The topological polar surface area (TPSA) is 127 Å². The Bertz CT molecular complexity index is 1500. The van der Waals surface area contributed by atoms with Gasteiger partial charge in [0.05, 0.1) is 36.8 Å². The molecule has 13 heteroatoms. The van der Waals surface area contributed by atoms with E-state index in [9.17, 15) is 18.7 Å². The Morgan fingerprint density at radius 2 is 2.10 bits per heavy atom. The fourth-order valence-electron chi connectivity index (χ4n) is 4.69. The number of methoxy groups -OCH3 is 1. The predicted molar refractivity (Wildman–Crippen MR) is 144 cm³/mol. The highest BCUT2D eigenvalue weighted by atomic mass is 19.2. The SMILES string of the molecule is COc1cc2c(Nc3cnn(CC(=O)Nc4cccc(F)c4F)c3)ncnc2cc1OCCN1CCC[C@H]1CO. The lowest BCUT2D eigenvalue weighted by molar-refractivity contribution is -0.116. The van der Waals surface area contributed by atoms with Gasteiger partial charge in [0, 0.05) is 30.2 Å². The summed E-state index contributed by atoms with van der Waals surface area (Å²) in [6, 6.07) is 7.30. The largest absolute Gasteiger partial charge is 0.493 e. The van der Waals surface area contributed by atoms with E-state index in [1.54, 1.807) is 25.4 Å². The van der Waals surface area contributed by atoms with Crippen molar-refractivity contribution in [2.75, 3.05) is 44.0 Å². The molecule has 5 rings (SSSR count). The summed E-state index contributed by atoms with van der Waals surface area (Å²) in [5.74, 6) is -1.19. The first-order valence-electron chi connectivity index (χ1n) is 12.8. The van der Waals surface area contributed by atoms with Crippen LogP contribution in [0.25, 0.3) is 10.9 Å². The standard InChI is InChI=1S/C27H29F2N7O4/c1-39-23-10-19-22(11-24(23)40-9-8-35-7-3-4-18(35)15-37)30-16-31-27(19)33-17-12-32-36(13-17)14-25(38)34-21-6-2-5-20(28)26(21)29/h2,5-6,10-13,16,18,37H,3-4,7-9,14-15H2,1H3,(H,34,38)(H,30,31,33)/t18-/m0/s1. The van der Waals surface area contributed by atoms with E-state index in [0.29, 0.717) is 47.1 Å². The molecular weight excluding hydrogens is 524 g/mol. The van der Waals surface area contributed by atoms with Crippen molar-refractivity contribution in [3.05, 3.63) is 60.7 Å². The van der Waals surface area contributed by atoms with E-state index >= 15 is 0 Å². The number of aliphatic hydroxyl groups is 1. The minimum atomic E-state index is -1.12. The van der Waals surface area contributed by atoms with Gasteiger partial charge in [-0.25, -0.2) is 18.7 Å². The number of carbonyl (C=O) groups excluding carboxylic acids is 1. The second-order valence-corrected chi connectivity index (χ2v) is 9.31. The number of ether oxygens (including phenoxy) is 2. The van der Waals surface area contributed by atoms with E-state index in [2.05, 4.69) is 30.6 Å². The number of aliphatic hydroxyl groups excluding tert-OH is 1. The maximum Gasteiger partial charge on any atom is 0.246 e. The number of fused-ring (bicyclic) bond motifs is 1. The van der Waals surface area contributed by atoms with Crippen LogP contribution in [0.2, 0.25) is 0 Å². The quantitative estimate of drug-likeness (QED) is 0.256. The Balaban J connectivity index is 1.25. The van der Waals surface area contributed by atoms with Crippen LogP contribution in [-0.4, -0.2) is 75.1 Å². The normalized spacial score (nSPS) is 15.3. The second-order valence-electron chi connectivity index (χ2n) is 9.31. The number of benzene rings is 2. The van der Waals surface area contributed by atoms with Gasteiger partial charge >= 0.3 is 0 Å². The first-order chi connectivity index (χ1) is 19.4. The molecule has 2 aromatic heterocycles. The summed E-state index contributed by atoms with van der Waals surface area (Å²) in [7, 11) is 1.55. The Hall–Kier alpha value is -4.36. The van der Waals surface area contributed by atoms with Gasteiger partial charge in [-0.3, -0.25) is 14.4 Å². The molecule has 0 spiro atoms. The first kappa shape index (κ1) is 27.2. The van der Waals surface area contributed by atoms with Gasteiger partial charge in [-0.05, 0) is 37.6 Å². The third kappa shape index (κ3) is 6.10. The molecule has 1 saturated heterocycles. The number of rotatable bonds is 11. The van der Waals surface area contributed by atoms with Gasteiger partial charge in [0.15, 0.2) is 23.1 Å². The molecule has 0 aliphatic carbocycles. The van der Waals surface area contributed by atoms with E-state index < -0.39 is 17.5 Å². The van der Waals surface area contributed by atoms with Crippen molar-refractivity contribution < 1.29 is 28.2 Å². The Morgan fingerprint density at radius 3 is 2.92 bits per heavy atom. The van der Waals surface area contributed by atoms with Crippen LogP contribution in [0.4, 0.5) is 26.0 Å². The number of nitrogens with one attached hydrogen (secondary N) is 2. The molecule has 0 unspecified atom stereocenters. The molecule has 0 saturated carbocycles. The summed E-state index contributed by atoms with van der Waals surface area (Å²) < 4.78 is 40.2. The molecule has 3 heterocycles. The van der Waals surface area contributed by atoms with Crippen LogP contribution >= 0.6 is 0 Å². The van der Waals surface area contributed by atoms with Crippen molar-refractivity contribution in [1.29, 1.82) is 0 Å². The molecule has 0 radical (unpaired) electrons. The minimum absolute atomic E-state index is 0.146. The van der Waals surface area contributed by atoms with Crippen LogP contribution in [0.5, 0.6) is 11.5 Å². The van der Waals surface area contributed by atoms with Gasteiger partial charge in [0.1, 0.15) is 25.3 Å². The highest BCUT2D eigenvalue weighted by Gasteiger charge is 2.23. The molecule has 1 aliphatic rings. The second kappa shape index (κ2) is 12.2. The van der Waals surface area contributed by atoms with Crippen molar-refractivity contribution in [2.45, 2.75) is 25.4 Å². The lowest BCUT2D eigenvalue weighted by atomic mass is 10.2. The zero-order valence-corrected chi connectivity index (χ0v) is 21.8. The van der Waals surface area contributed by atoms with Crippen molar-refractivity contribution in [1.82, 2.24) is 24.6 Å². The maximum atomic E-state index is 13.8. The zero-order chi connectivity index (χ0) is 28.1.